The Kier molecular flexibility index (Phi) is 7.69. The summed E-state index contributed by atoms with van der Waals surface area (Å²) < 4.78 is 0. The van der Waals surface area contributed by atoms with Gasteiger partial charge in [0.1, 0.15) is 0 Å². The Morgan fingerprint density at radius 3 is 2.52 bits per heavy atom. The molecule has 2 N–H and O–H groups in total. The molecule has 1 saturated heterocycles. The molecule has 0 unspecified atom stereocenters. The number of amides is 1. The van der Waals surface area contributed by atoms with Crippen molar-refractivity contribution in [1.29, 1.82) is 0 Å². The number of hydrogen-bond donors (Lipinski definition) is 2. The van der Waals surface area contributed by atoms with Crippen molar-refractivity contribution in [2.24, 2.45) is 4.99 Å². The van der Waals surface area contributed by atoms with E-state index in [1.165, 1.54) is 0 Å². The zero-order chi connectivity index (χ0) is 20.5. The van der Waals surface area contributed by atoms with Gasteiger partial charge in [-0.3, -0.25) is 14.8 Å². The Labute approximate surface area is 176 Å². The van der Waals surface area contributed by atoms with Gasteiger partial charge in [0.2, 0.25) is 5.91 Å². The van der Waals surface area contributed by atoms with Crippen LogP contribution < -0.4 is 15.5 Å². The fourth-order valence-electron chi connectivity index (χ4n) is 3.21. The fraction of sp³-hybridized carbons (Fsp3) is 0.381. The highest BCUT2D eigenvalue weighted by atomic mass is 35.5. The molecule has 2 heterocycles. The number of pyridine rings is 1. The van der Waals surface area contributed by atoms with Crippen LogP contribution in [0.15, 0.2) is 53.7 Å². The first kappa shape index (κ1) is 20.9. The molecule has 7 nitrogen and oxygen atoms in total. The summed E-state index contributed by atoms with van der Waals surface area (Å²) in [7, 11) is 1.70. The zero-order valence-electron chi connectivity index (χ0n) is 16.6. The number of carbonyl (C=O) groups is 1. The maximum absolute atomic E-state index is 12.5. The Hall–Kier alpha value is -2.80. The number of nitrogens with one attached hydrogen (secondary N) is 2. The normalized spacial score (nSPS) is 14.6. The number of piperazine rings is 1. The largest absolute Gasteiger partial charge is 0.368 e. The number of benzene rings is 1. The van der Waals surface area contributed by atoms with Gasteiger partial charge in [0.05, 0.1) is 6.54 Å². The van der Waals surface area contributed by atoms with Crippen LogP contribution in [-0.2, 0) is 11.2 Å². The van der Waals surface area contributed by atoms with Crippen LogP contribution in [0.1, 0.15) is 5.69 Å². The standard InChI is InChI=1S/C21H27ClN6O/c1-23-21(25-11-9-18-4-2-3-10-24-18)26-16-20(29)28-14-12-27(13-15-28)19-7-5-17(22)6-8-19/h2-8,10H,9,11-16H2,1H3,(H2,23,25,26). The Balaban J connectivity index is 1.38. The molecule has 0 bridgehead atoms. The van der Waals surface area contributed by atoms with Crippen LogP contribution in [0.5, 0.6) is 0 Å². The fourth-order valence-corrected chi connectivity index (χ4v) is 3.34. The first-order valence-electron chi connectivity index (χ1n) is 9.78. The van der Waals surface area contributed by atoms with Gasteiger partial charge in [-0.25, -0.2) is 0 Å². The summed E-state index contributed by atoms with van der Waals surface area (Å²) in [5.41, 5.74) is 2.15. The lowest BCUT2D eigenvalue weighted by Gasteiger charge is -2.36. The monoisotopic (exact) mass is 414 g/mol. The van der Waals surface area contributed by atoms with Crippen LogP contribution in [-0.4, -0.2) is 68.1 Å². The summed E-state index contributed by atoms with van der Waals surface area (Å²) in [6, 6.07) is 13.7. The molecule has 1 fully saturated rings. The van der Waals surface area contributed by atoms with Gasteiger partial charge in [0, 0.05) is 68.8 Å². The minimum absolute atomic E-state index is 0.0773. The maximum Gasteiger partial charge on any atom is 0.242 e. The van der Waals surface area contributed by atoms with Crippen LogP contribution in [0.4, 0.5) is 5.69 Å². The SMILES string of the molecule is CN=C(NCCc1ccccn1)NCC(=O)N1CCN(c2ccc(Cl)cc2)CC1. The molecule has 0 spiro atoms. The number of aromatic nitrogens is 1. The van der Waals surface area contributed by atoms with Crippen molar-refractivity contribution < 1.29 is 4.79 Å². The number of nitrogens with zero attached hydrogens (tertiary/aromatic N) is 4. The molecule has 0 saturated carbocycles. The highest BCUT2D eigenvalue weighted by molar-refractivity contribution is 6.30. The average Bonchev–Trinajstić information content (AvgIpc) is 2.77. The third kappa shape index (κ3) is 6.35. The van der Waals surface area contributed by atoms with Crippen molar-refractivity contribution in [3.8, 4) is 0 Å². The summed E-state index contributed by atoms with van der Waals surface area (Å²) in [6.45, 7) is 3.95. The van der Waals surface area contributed by atoms with E-state index in [0.29, 0.717) is 25.6 Å². The van der Waals surface area contributed by atoms with E-state index in [0.717, 1.165) is 35.9 Å². The lowest BCUT2D eigenvalue weighted by Crippen LogP contribution is -2.52. The lowest BCUT2D eigenvalue weighted by atomic mass is 10.2. The molecule has 154 valence electrons. The van der Waals surface area contributed by atoms with Crippen molar-refractivity contribution in [2.75, 3.05) is 51.2 Å². The molecule has 0 aliphatic carbocycles. The van der Waals surface area contributed by atoms with Crippen LogP contribution >= 0.6 is 11.6 Å². The van der Waals surface area contributed by atoms with E-state index in [1.807, 2.05) is 47.4 Å². The second kappa shape index (κ2) is 10.7. The van der Waals surface area contributed by atoms with Crippen LogP contribution in [0, 0.1) is 0 Å². The number of carbonyl (C=O) groups excluding carboxylic acids is 1. The molecule has 0 radical (unpaired) electrons. The van der Waals surface area contributed by atoms with Gasteiger partial charge in [-0.15, -0.1) is 0 Å². The summed E-state index contributed by atoms with van der Waals surface area (Å²) >= 11 is 5.95. The van der Waals surface area contributed by atoms with Gasteiger partial charge in [0.25, 0.3) is 0 Å². The Morgan fingerprint density at radius 1 is 1.10 bits per heavy atom. The van der Waals surface area contributed by atoms with Crippen molar-refractivity contribution in [3.63, 3.8) is 0 Å². The molecule has 1 aliphatic heterocycles. The van der Waals surface area contributed by atoms with Crippen LogP contribution in [0.3, 0.4) is 0 Å². The topological polar surface area (TPSA) is 72.9 Å². The predicted molar refractivity (Wildman–Crippen MR) is 118 cm³/mol. The Bertz CT molecular complexity index is 804. The number of rotatable bonds is 6. The van der Waals surface area contributed by atoms with E-state index in [9.17, 15) is 4.79 Å². The van der Waals surface area contributed by atoms with Crippen molar-refractivity contribution in [2.45, 2.75) is 6.42 Å². The van der Waals surface area contributed by atoms with Crippen LogP contribution in [0.25, 0.3) is 0 Å². The van der Waals surface area contributed by atoms with E-state index in [2.05, 4.69) is 25.5 Å². The molecular formula is C21H27ClN6O. The third-order valence-corrected chi connectivity index (χ3v) is 5.11. The number of guanidine groups is 1. The number of hydrogen-bond acceptors (Lipinski definition) is 4. The number of anilines is 1. The average molecular weight is 415 g/mol. The summed E-state index contributed by atoms with van der Waals surface area (Å²) in [5, 5.41) is 7.05. The zero-order valence-corrected chi connectivity index (χ0v) is 17.4. The number of halogens is 1. The maximum atomic E-state index is 12.5. The molecule has 29 heavy (non-hydrogen) atoms. The first-order valence-corrected chi connectivity index (χ1v) is 10.2. The van der Waals surface area contributed by atoms with E-state index < -0.39 is 0 Å². The minimum atomic E-state index is 0.0773. The van der Waals surface area contributed by atoms with Crippen LogP contribution in [0.2, 0.25) is 5.02 Å². The Morgan fingerprint density at radius 2 is 1.86 bits per heavy atom. The molecule has 1 amide bonds. The van der Waals surface area contributed by atoms with Gasteiger partial charge >= 0.3 is 0 Å². The minimum Gasteiger partial charge on any atom is -0.368 e. The summed E-state index contributed by atoms with van der Waals surface area (Å²) in [5.74, 6) is 0.697. The van der Waals surface area contributed by atoms with E-state index in [4.69, 9.17) is 11.6 Å². The molecule has 3 rings (SSSR count). The quantitative estimate of drug-likeness (QED) is 0.557. The highest BCUT2D eigenvalue weighted by Crippen LogP contribution is 2.19. The second-order valence-electron chi connectivity index (χ2n) is 6.77. The number of aliphatic imine (C=N–C) groups is 1. The smallest absolute Gasteiger partial charge is 0.242 e. The van der Waals surface area contributed by atoms with E-state index >= 15 is 0 Å². The molecule has 8 heteroatoms. The van der Waals surface area contributed by atoms with Crippen molar-refractivity contribution in [3.05, 3.63) is 59.4 Å². The highest BCUT2D eigenvalue weighted by Gasteiger charge is 2.21. The molecule has 0 atom stereocenters. The molecule has 1 aromatic heterocycles. The molecule has 2 aromatic rings. The van der Waals surface area contributed by atoms with Gasteiger partial charge in [0.15, 0.2) is 5.96 Å². The van der Waals surface area contributed by atoms with E-state index in [-0.39, 0.29) is 12.5 Å². The first-order chi connectivity index (χ1) is 14.2. The van der Waals surface area contributed by atoms with Gasteiger partial charge in [-0.1, -0.05) is 17.7 Å². The summed E-state index contributed by atoms with van der Waals surface area (Å²) in [4.78, 5) is 25.2. The van der Waals surface area contributed by atoms with Gasteiger partial charge in [-0.05, 0) is 36.4 Å². The summed E-state index contributed by atoms with van der Waals surface area (Å²) in [6.07, 6.45) is 2.58. The van der Waals surface area contributed by atoms with E-state index in [1.54, 1.807) is 13.2 Å². The molecule has 1 aliphatic rings. The lowest BCUT2D eigenvalue weighted by molar-refractivity contribution is -0.130. The van der Waals surface area contributed by atoms with Crippen molar-refractivity contribution in [1.82, 2.24) is 20.5 Å². The molecular weight excluding hydrogens is 388 g/mol. The third-order valence-electron chi connectivity index (χ3n) is 4.85. The predicted octanol–water partition coefficient (Wildman–Crippen LogP) is 1.79. The van der Waals surface area contributed by atoms with Gasteiger partial charge in [-0.2, -0.15) is 0 Å². The van der Waals surface area contributed by atoms with Crippen molar-refractivity contribution >= 4 is 29.2 Å². The van der Waals surface area contributed by atoms with Gasteiger partial charge < -0.3 is 20.4 Å². The molecule has 1 aromatic carbocycles. The second-order valence-corrected chi connectivity index (χ2v) is 7.20.